The number of hydrogen-bond acceptors (Lipinski definition) is 7. The van der Waals surface area contributed by atoms with Crippen LogP contribution in [0.2, 0.25) is 5.02 Å². The van der Waals surface area contributed by atoms with Crippen molar-refractivity contribution >= 4 is 43.4 Å². The summed E-state index contributed by atoms with van der Waals surface area (Å²) in [7, 11) is -6.10. The lowest BCUT2D eigenvalue weighted by Crippen LogP contribution is -2.65. The fourth-order valence-corrected chi connectivity index (χ4v) is 7.54. The summed E-state index contributed by atoms with van der Waals surface area (Å²) < 4.78 is 68.7. The van der Waals surface area contributed by atoms with Gasteiger partial charge in [-0.1, -0.05) is 66.2 Å². The molecule has 0 fully saturated rings. The van der Waals surface area contributed by atoms with Gasteiger partial charge in [0.15, 0.2) is 0 Å². The van der Waals surface area contributed by atoms with Gasteiger partial charge in [-0.2, -0.15) is 16.8 Å². The number of rotatable bonds is 9. The van der Waals surface area contributed by atoms with Crippen LogP contribution in [0.4, 0.5) is 5.69 Å². The van der Waals surface area contributed by atoms with Crippen molar-refractivity contribution in [1.82, 2.24) is 4.90 Å². The number of aliphatic hydroxyl groups is 1. The standard InChI is InChI=1S/C27H29ClN2O8S2/c1-30(2)15-20-6-4-3-5-19(20)13-18-7-9-21(10-8-18)26(16-39(33,34)35)25(31)29-24-14-22(28)11-12-23(24)27(26,32)17-40(36,37)38/h3-12,14,32H,13,15-17H2,1-2H3,(H,29,31)(H,33,34,35)(H,36,37,38). The molecule has 13 heteroatoms. The number of carbonyl (C=O) groups is 1. The first-order chi connectivity index (χ1) is 18.5. The Bertz CT molecular complexity index is 1660. The molecule has 1 amide bonds. The molecule has 1 aliphatic rings. The SMILES string of the molecule is CN(C)Cc1ccccc1Cc1ccc(C2(CS(=O)(=O)O)C(=O)Nc3cc(Cl)ccc3C2(O)CS(=O)(=O)O)cc1. The van der Waals surface area contributed by atoms with Crippen LogP contribution >= 0.6 is 11.6 Å². The number of halogens is 1. The third-order valence-corrected chi connectivity index (χ3v) is 8.82. The molecule has 3 aromatic carbocycles. The Hall–Kier alpha value is -2.84. The Morgan fingerprint density at radius 2 is 1.48 bits per heavy atom. The molecule has 10 nitrogen and oxygen atoms in total. The van der Waals surface area contributed by atoms with Gasteiger partial charge in [-0.15, -0.1) is 0 Å². The zero-order valence-corrected chi connectivity index (χ0v) is 24.1. The predicted octanol–water partition coefficient (Wildman–Crippen LogP) is 2.85. The molecule has 1 heterocycles. The highest BCUT2D eigenvalue weighted by Gasteiger charge is 2.64. The molecule has 0 aliphatic carbocycles. The van der Waals surface area contributed by atoms with E-state index in [4.69, 9.17) is 11.6 Å². The smallest absolute Gasteiger partial charge is 0.268 e. The Kier molecular flexibility index (Phi) is 8.18. The summed E-state index contributed by atoms with van der Waals surface area (Å²) in [6.45, 7) is 0.706. The summed E-state index contributed by atoms with van der Waals surface area (Å²) in [4.78, 5) is 15.8. The maximum absolute atomic E-state index is 13.7. The van der Waals surface area contributed by atoms with Gasteiger partial charge >= 0.3 is 0 Å². The first kappa shape index (κ1) is 30.1. The summed E-state index contributed by atoms with van der Waals surface area (Å²) >= 11 is 6.03. The van der Waals surface area contributed by atoms with Crippen molar-refractivity contribution in [1.29, 1.82) is 0 Å². The highest BCUT2D eigenvalue weighted by Crippen LogP contribution is 2.51. The number of anilines is 1. The maximum atomic E-state index is 13.7. The summed E-state index contributed by atoms with van der Waals surface area (Å²) in [6.07, 6.45) is 0.498. The first-order valence-corrected chi connectivity index (χ1v) is 15.7. The van der Waals surface area contributed by atoms with Gasteiger partial charge in [0.1, 0.15) is 16.8 Å². The Morgan fingerprint density at radius 3 is 2.05 bits per heavy atom. The molecule has 0 radical (unpaired) electrons. The second kappa shape index (κ2) is 10.9. The van der Waals surface area contributed by atoms with E-state index in [-0.39, 0.29) is 21.8 Å². The monoisotopic (exact) mass is 608 g/mol. The minimum atomic E-state index is -5.00. The number of hydrogen-bond donors (Lipinski definition) is 4. The third-order valence-electron chi connectivity index (χ3n) is 7.01. The van der Waals surface area contributed by atoms with Crippen LogP contribution in [-0.2, 0) is 49.0 Å². The minimum Gasteiger partial charge on any atom is -0.382 e. The topological polar surface area (TPSA) is 161 Å². The average molecular weight is 609 g/mol. The summed E-state index contributed by atoms with van der Waals surface area (Å²) in [5.41, 5.74) is -2.80. The Balaban J connectivity index is 1.89. The van der Waals surface area contributed by atoms with E-state index in [0.717, 1.165) is 16.7 Å². The molecule has 1 aliphatic heterocycles. The van der Waals surface area contributed by atoms with Crippen LogP contribution in [0.3, 0.4) is 0 Å². The highest BCUT2D eigenvalue weighted by molar-refractivity contribution is 7.86. The van der Waals surface area contributed by atoms with Crippen molar-refractivity contribution in [3.63, 3.8) is 0 Å². The third kappa shape index (κ3) is 6.08. The molecule has 0 spiro atoms. The van der Waals surface area contributed by atoms with E-state index in [2.05, 4.69) is 5.32 Å². The van der Waals surface area contributed by atoms with Gasteiger partial charge in [0.2, 0.25) is 5.91 Å². The molecule has 214 valence electrons. The largest absolute Gasteiger partial charge is 0.382 e. The van der Waals surface area contributed by atoms with E-state index < -0.39 is 48.7 Å². The zero-order chi connectivity index (χ0) is 29.5. The summed E-state index contributed by atoms with van der Waals surface area (Å²) in [6, 6.07) is 17.7. The molecule has 0 saturated carbocycles. The lowest BCUT2D eigenvalue weighted by molar-refractivity contribution is -0.132. The molecule has 4 rings (SSSR count). The van der Waals surface area contributed by atoms with Gasteiger partial charge in [0.25, 0.3) is 20.2 Å². The van der Waals surface area contributed by atoms with E-state index in [0.29, 0.717) is 13.0 Å². The average Bonchev–Trinajstić information content (AvgIpc) is 2.81. The van der Waals surface area contributed by atoms with Crippen LogP contribution in [0.5, 0.6) is 0 Å². The molecule has 40 heavy (non-hydrogen) atoms. The molecule has 0 bridgehead atoms. The van der Waals surface area contributed by atoms with Gasteiger partial charge in [-0.3, -0.25) is 13.9 Å². The van der Waals surface area contributed by atoms with Gasteiger partial charge in [-0.25, -0.2) is 0 Å². The fourth-order valence-electron chi connectivity index (χ4n) is 5.36. The number of nitrogens with zero attached hydrogens (tertiary/aromatic N) is 1. The van der Waals surface area contributed by atoms with Crippen molar-refractivity contribution in [3.8, 4) is 0 Å². The van der Waals surface area contributed by atoms with Crippen LogP contribution in [0, 0.1) is 0 Å². The van der Waals surface area contributed by atoms with E-state index >= 15 is 0 Å². The van der Waals surface area contributed by atoms with E-state index in [1.54, 1.807) is 12.1 Å². The van der Waals surface area contributed by atoms with E-state index in [9.17, 15) is 35.8 Å². The second-order valence-corrected chi connectivity index (χ2v) is 13.6. The first-order valence-electron chi connectivity index (χ1n) is 12.1. The fraction of sp³-hybridized carbons (Fsp3) is 0.296. The lowest BCUT2D eigenvalue weighted by atomic mass is 9.63. The van der Waals surface area contributed by atoms with Gasteiger partial charge in [0, 0.05) is 22.8 Å². The van der Waals surface area contributed by atoms with Crippen LogP contribution in [-0.4, -0.2) is 67.5 Å². The number of fused-ring (bicyclic) bond motifs is 1. The number of benzene rings is 3. The van der Waals surface area contributed by atoms with Crippen LogP contribution in [0.15, 0.2) is 66.7 Å². The van der Waals surface area contributed by atoms with E-state index in [1.165, 1.54) is 30.3 Å². The number of nitrogens with one attached hydrogen (secondary N) is 1. The molecule has 4 N–H and O–H groups in total. The van der Waals surface area contributed by atoms with Gasteiger partial charge < -0.3 is 15.3 Å². The number of amides is 1. The number of carbonyl (C=O) groups excluding carboxylic acids is 1. The Morgan fingerprint density at radius 1 is 0.875 bits per heavy atom. The highest BCUT2D eigenvalue weighted by atomic mass is 35.5. The van der Waals surface area contributed by atoms with Gasteiger partial charge in [-0.05, 0) is 54.9 Å². The molecule has 0 aromatic heterocycles. The van der Waals surface area contributed by atoms with E-state index in [1.807, 2.05) is 43.3 Å². The second-order valence-electron chi connectivity index (χ2n) is 10.2. The maximum Gasteiger partial charge on any atom is 0.268 e. The zero-order valence-electron chi connectivity index (χ0n) is 21.7. The van der Waals surface area contributed by atoms with Crippen molar-refractivity contribution in [2.75, 3.05) is 30.9 Å². The molecular weight excluding hydrogens is 580 g/mol. The van der Waals surface area contributed by atoms with Crippen molar-refractivity contribution in [2.45, 2.75) is 24.0 Å². The Labute approximate surface area is 238 Å². The van der Waals surface area contributed by atoms with Crippen LogP contribution < -0.4 is 5.32 Å². The minimum absolute atomic E-state index is 0.0660. The normalized spacial score (nSPS) is 21.2. The quantitative estimate of drug-likeness (QED) is 0.268. The molecule has 2 unspecified atom stereocenters. The molecule has 0 saturated heterocycles. The van der Waals surface area contributed by atoms with Gasteiger partial charge in [0.05, 0.1) is 5.75 Å². The van der Waals surface area contributed by atoms with Crippen molar-refractivity contribution in [2.24, 2.45) is 0 Å². The summed E-state index contributed by atoms with van der Waals surface area (Å²) in [5.74, 6) is -3.91. The molecule has 3 aromatic rings. The van der Waals surface area contributed by atoms with Crippen LogP contribution in [0.25, 0.3) is 0 Å². The van der Waals surface area contributed by atoms with Crippen molar-refractivity contribution in [3.05, 3.63) is 99.6 Å². The predicted molar refractivity (Wildman–Crippen MR) is 152 cm³/mol. The summed E-state index contributed by atoms with van der Waals surface area (Å²) in [5, 5.41) is 14.7. The van der Waals surface area contributed by atoms with Crippen molar-refractivity contribution < 1.29 is 35.8 Å². The molecule has 2 atom stereocenters. The lowest BCUT2D eigenvalue weighted by Gasteiger charge is -2.49. The van der Waals surface area contributed by atoms with Crippen LogP contribution in [0.1, 0.15) is 27.8 Å². The molecular formula is C27H29ClN2O8S2.